The van der Waals surface area contributed by atoms with Crippen LogP contribution in [0.2, 0.25) is 0 Å². The fourth-order valence-electron chi connectivity index (χ4n) is 2.36. The van der Waals surface area contributed by atoms with E-state index in [1.165, 1.54) is 11.1 Å². The van der Waals surface area contributed by atoms with E-state index in [0.717, 1.165) is 18.7 Å². The van der Waals surface area contributed by atoms with E-state index in [1.807, 2.05) is 12.1 Å². The van der Waals surface area contributed by atoms with Crippen LogP contribution in [-0.2, 0) is 19.5 Å². The van der Waals surface area contributed by atoms with Crippen molar-refractivity contribution < 1.29 is 4.79 Å². The lowest BCUT2D eigenvalue weighted by atomic mass is 10.1. The molecule has 0 spiro atoms. The van der Waals surface area contributed by atoms with E-state index in [9.17, 15) is 4.79 Å². The van der Waals surface area contributed by atoms with Gasteiger partial charge >= 0.3 is 0 Å². The summed E-state index contributed by atoms with van der Waals surface area (Å²) < 4.78 is 0. The van der Waals surface area contributed by atoms with Crippen LogP contribution >= 0.6 is 0 Å². The molecule has 0 fully saturated rings. The van der Waals surface area contributed by atoms with Gasteiger partial charge in [-0.3, -0.25) is 9.89 Å². The number of aromatic nitrogens is 3. The Morgan fingerprint density at radius 1 is 1.32 bits per heavy atom. The second-order valence-corrected chi connectivity index (χ2v) is 4.79. The Morgan fingerprint density at radius 2 is 2.00 bits per heavy atom. The molecule has 1 amide bonds. The van der Waals surface area contributed by atoms with Crippen LogP contribution in [0.25, 0.3) is 0 Å². The van der Waals surface area contributed by atoms with Gasteiger partial charge in [0.1, 0.15) is 5.82 Å². The SMILES string of the molecule is CCCc1nc(C(=O)N2Cc3ccccc3C2)n[nH]1. The molecule has 0 radical (unpaired) electrons. The largest absolute Gasteiger partial charge is 0.327 e. The maximum atomic E-state index is 12.3. The number of carbonyl (C=O) groups is 1. The number of benzene rings is 1. The fraction of sp³-hybridized carbons (Fsp3) is 0.357. The monoisotopic (exact) mass is 256 g/mol. The molecule has 19 heavy (non-hydrogen) atoms. The Kier molecular flexibility index (Phi) is 3.03. The smallest absolute Gasteiger partial charge is 0.294 e. The number of nitrogens with one attached hydrogen (secondary N) is 1. The van der Waals surface area contributed by atoms with Gasteiger partial charge in [0.05, 0.1) is 0 Å². The molecule has 1 aliphatic heterocycles. The van der Waals surface area contributed by atoms with Crippen molar-refractivity contribution in [3.63, 3.8) is 0 Å². The molecular weight excluding hydrogens is 240 g/mol. The summed E-state index contributed by atoms with van der Waals surface area (Å²) in [7, 11) is 0. The van der Waals surface area contributed by atoms with Crippen LogP contribution in [0.1, 0.15) is 40.9 Å². The second kappa shape index (κ2) is 4.84. The maximum Gasteiger partial charge on any atom is 0.294 e. The lowest BCUT2D eigenvalue weighted by molar-refractivity contribution is 0.0739. The Morgan fingerprint density at radius 3 is 2.63 bits per heavy atom. The second-order valence-electron chi connectivity index (χ2n) is 4.79. The summed E-state index contributed by atoms with van der Waals surface area (Å²) in [5, 5.41) is 6.84. The summed E-state index contributed by atoms with van der Waals surface area (Å²) in [6, 6.07) is 8.12. The normalized spacial score (nSPS) is 13.6. The van der Waals surface area contributed by atoms with Crippen LogP contribution < -0.4 is 0 Å². The molecule has 3 rings (SSSR count). The average Bonchev–Trinajstić information content (AvgIpc) is 3.04. The van der Waals surface area contributed by atoms with Crippen molar-refractivity contribution in [1.82, 2.24) is 20.1 Å². The number of hydrogen-bond donors (Lipinski definition) is 1. The van der Waals surface area contributed by atoms with Crippen molar-refractivity contribution in [2.75, 3.05) is 0 Å². The topological polar surface area (TPSA) is 61.9 Å². The van der Waals surface area contributed by atoms with Crippen molar-refractivity contribution >= 4 is 5.91 Å². The number of amides is 1. The van der Waals surface area contributed by atoms with Gasteiger partial charge in [-0.05, 0) is 17.5 Å². The molecule has 0 aliphatic carbocycles. The third-order valence-electron chi connectivity index (χ3n) is 3.34. The van der Waals surface area contributed by atoms with Gasteiger partial charge in [0.15, 0.2) is 0 Å². The van der Waals surface area contributed by atoms with E-state index in [0.29, 0.717) is 13.1 Å². The first-order valence-corrected chi connectivity index (χ1v) is 6.55. The quantitative estimate of drug-likeness (QED) is 0.912. The number of aryl methyl sites for hydroxylation is 1. The van der Waals surface area contributed by atoms with E-state index in [-0.39, 0.29) is 11.7 Å². The predicted molar refractivity (Wildman–Crippen MR) is 70.4 cm³/mol. The number of rotatable bonds is 3. The number of hydrogen-bond acceptors (Lipinski definition) is 3. The number of nitrogens with zero attached hydrogens (tertiary/aromatic N) is 3. The number of fused-ring (bicyclic) bond motifs is 1. The third-order valence-corrected chi connectivity index (χ3v) is 3.34. The molecule has 98 valence electrons. The molecule has 0 bridgehead atoms. The lowest BCUT2D eigenvalue weighted by Gasteiger charge is -2.12. The molecule has 5 heteroatoms. The molecule has 1 aromatic carbocycles. The minimum atomic E-state index is -0.102. The fourth-order valence-corrected chi connectivity index (χ4v) is 2.36. The van der Waals surface area contributed by atoms with Gasteiger partial charge in [-0.25, -0.2) is 4.98 Å². The molecule has 1 aliphatic rings. The van der Waals surface area contributed by atoms with Crippen molar-refractivity contribution in [2.24, 2.45) is 0 Å². The molecule has 1 N–H and O–H groups in total. The van der Waals surface area contributed by atoms with Crippen LogP contribution in [0.4, 0.5) is 0 Å². The third kappa shape index (κ3) is 2.23. The average molecular weight is 256 g/mol. The molecule has 2 aromatic rings. The predicted octanol–water partition coefficient (Wildman–Crippen LogP) is 1.91. The highest BCUT2D eigenvalue weighted by atomic mass is 16.2. The highest BCUT2D eigenvalue weighted by molar-refractivity contribution is 5.90. The minimum absolute atomic E-state index is 0.102. The van der Waals surface area contributed by atoms with Gasteiger partial charge in [0.25, 0.3) is 5.91 Å². The molecule has 0 saturated heterocycles. The Labute approximate surface area is 111 Å². The molecule has 5 nitrogen and oxygen atoms in total. The van der Waals surface area contributed by atoms with E-state index < -0.39 is 0 Å². The van der Waals surface area contributed by atoms with Crippen LogP contribution in [-0.4, -0.2) is 26.0 Å². The minimum Gasteiger partial charge on any atom is -0.327 e. The van der Waals surface area contributed by atoms with Gasteiger partial charge < -0.3 is 4.90 Å². The standard InChI is InChI=1S/C14H16N4O/c1-2-5-12-15-13(17-16-12)14(19)18-8-10-6-3-4-7-11(10)9-18/h3-4,6-7H,2,5,8-9H2,1H3,(H,15,16,17). The molecule has 0 unspecified atom stereocenters. The van der Waals surface area contributed by atoms with E-state index in [1.54, 1.807) is 4.90 Å². The summed E-state index contributed by atoms with van der Waals surface area (Å²) in [4.78, 5) is 18.3. The van der Waals surface area contributed by atoms with Crippen LogP contribution in [0, 0.1) is 0 Å². The lowest BCUT2D eigenvalue weighted by Crippen LogP contribution is -2.26. The highest BCUT2D eigenvalue weighted by Gasteiger charge is 2.26. The van der Waals surface area contributed by atoms with Gasteiger partial charge in [-0.15, -0.1) is 5.10 Å². The Balaban J connectivity index is 1.75. The van der Waals surface area contributed by atoms with Crippen LogP contribution in [0.15, 0.2) is 24.3 Å². The molecular formula is C14H16N4O. The van der Waals surface area contributed by atoms with Crippen molar-refractivity contribution in [3.8, 4) is 0 Å². The van der Waals surface area contributed by atoms with E-state index >= 15 is 0 Å². The van der Waals surface area contributed by atoms with Gasteiger partial charge in [0, 0.05) is 19.5 Å². The molecule has 0 saturated carbocycles. The number of carbonyl (C=O) groups excluding carboxylic acids is 1. The zero-order chi connectivity index (χ0) is 13.2. The Bertz CT molecular complexity index is 580. The Hall–Kier alpha value is -2.17. The van der Waals surface area contributed by atoms with Crippen LogP contribution in [0.3, 0.4) is 0 Å². The first-order chi connectivity index (χ1) is 9.28. The van der Waals surface area contributed by atoms with Crippen molar-refractivity contribution in [2.45, 2.75) is 32.9 Å². The molecule has 1 aromatic heterocycles. The van der Waals surface area contributed by atoms with Crippen molar-refractivity contribution in [3.05, 3.63) is 47.0 Å². The molecule has 0 atom stereocenters. The number of aromatic amines is 1. The zero-order valence-corrected chi connectivity index (χ0v) is 10.9. The first-order valence-electron chi connectivity index (χ1n) is 6.55. The summed E-state index contributed by atoms with van der Waals surface area (Å²) in [5.74, 6) is 0.952. The molecule has 2 heterocycles. The summed E-state index contributed by atoms with van der Waals surface area (Å²) in [5.41, 5.74) is 2.42. The summed E-state index contributed by atoms with van der Waals surface area (Å²) in [6.07, 6.45) is 1.80. The maximum absolute atomic E-state index is 12.3. The van der Waals surface area contributed by atoms with Crippen molar-refractivity contribution in [1.29, 1.82) is 0 Å². The van der Waals surface area contributed by atoms with Gasteiger partial charge in [-0.2, -0.15) is 0 Å². The summed E-state index contributed by atoms with van der Waals surface area (Å²) >= 11 is 0. The summed E-state index contributed by atoms with van der Waals surface area (Å²) in [6.45, 7) is 3.36. The van der Waals surface area contributed by atoms with Crippen LogP contribution in [0.5, 0.6) is 0 Å². The van der Waals surface area contributed by atoms with Gasteiger partial charge in [0.2, 0.25) is 5.82 Å². The first kappa shape index (κ1) is 11.9. The highest BCUT2D eigenvalue weighted by Crippen LogP contribution is 2.23. The van der Waals surface area contributed by atoms with E-state index in [4.69, 9.17) is 0 Å². The zero-order valence-electron chi connectivity index (χ0n) is 10.9. The van der Waals surface area contributed by atoms with E-state index in [2.05, 4.69) is 34.2 Å². The number of H-pyrrole nitrogens is 1. The van der Waals surface area contributed by atoms with Gasteiger partial charge in [-0.1, -0.05) is 31.2 Å².